The van der Waals surface area contributed by atoms with E-state index in [1.165, 1.54) is 5.56 Å². The molecule has 144 valence electrons. The zero-order chi connectivity index (χ0) is 19.6. The predicted octanol–water partition coefficient (Wildman–Crippen LogP) is 3.65. The second kappa shape index (κ2) is 7.48. The van der Waals surface area contributed by atoms with Crippen LogP contribution in [0, 0.1) is 0 Å². The van der Waals surface area contributed by atoms with E-state index in [0.29, 0.717) is 11.4 Å². The summed E-state index contributed by atoms with van der Waals surface area (Å²) < 4.78 is 5.40. The van der Waals surface area contributed by atoms with Crippen LogP contribution in [0.25, 0.3) is 22.8 Å². The van der Waals surface area contributed by atoms with Crippen molar-refractivity contribution in [1.29, 1.82) is 0 Å². The van der Waals surface area contributed by atoms with Crippen molar-refractivity contribution in [1.82, 2.24) is 20.0 Å². The number of rotatable bonds is 4. The smallest absolute Gasteiger partial charge is 0.263 e. The van der Waals surface area contributed by atoms with Crippen molar-refractivity contribution < 1.29 is 4.52 Å². The van der Waals surface area contributed by atoms with E-state index in [4.69, 9.17) is 4.52 Å². The third kappa shape index (κ3) is 3.62. The molecule has 0 saturated heterocycles. The second-order valence-corrected chi connectivity index (χ2v) is 7.25. The van der Waals surface area contributed by atoms with Gasteiger partial charge in [0.2, 0.25) is 5.82 Å². The Kier molecular flexibility index (Phi) is 4.54. The summed E-state index contributed by atoms with van der Waals surface area (Å²) in [4.78, 5) is 22.4. The highest BCUT2D eigenvalue weighted by molar-refractivity contribution is 5.59. The molecule has 2 aromatic heterocycles. The highest BCUT2D eigenvalue weighted by atomic mass is 16.5. The number of fused-ring (bicyclic) bond motifs is 1. The van der Waals surface area contributed by atoms with Gasteiger partial charge in [-0.05, 0) is 17.2 Å². The lowest BCUT2D eigenvalue weighted by atomic mass is 10.0. The fraction of sp³-hybridized carbons (Fsp3) is 0.174. The zero-order valence-corrected chi connectivity index (χ0v) is 15.8. The Morgan fingerprint density at radius 3 is 2.59 bits per heavy atom. The Balaban J connectivity index is 1.43. The van der Waals surface area contributed by atoms with Gasteiger partial charge in [-0.15, -0.1) is 0 Å². The average molecular weight is 384 g/mol. The van der Waals surface area contributed by atoms with Gasteiger partial charge in [0.25, 0.3) is 11.4 Å². The number of pyridine rings is 1. The van der Waals surface area contributed by atoms with Crippen LogP contribution in [0.4, 0.5) is 0 Å². The molecule has 0 fully saturated rings. The second-order valence-electron chi connectivity index (χ2n) is 7.25. The van der Waals surface area contributed by atoms with Crippen LogP contribution in [0.15, 0.2) is 76.0 Å². The number of benzene rings is 2. The van der Waals surface area contributed by atoms with Crippen molar-refractivity contribution >= 4 is 0 Å². The molecule has 0 radical (unpaired) electrons. The normalized spacial score (nSPS) is 13.9. The van der Waals surface area contributed by atoms with Crippen molar-refractivity contribution in [3.63, 3.8) is 0 Å². The van der Waals surface area contributed by atoms with E-state index in [1.807, 2.05) is 42.5 Å². The monoisotopic (exact) mass is 384 g/mol. The molecule has 1 aliphatic rings. The first-order valence-corrected chi connectivity index (χ1v) is 9.67. The molecule has 6 nitrogen and oxygen atoms in total. The Bertz CT molecular complexity index is 1180. The van der Waals surface area contributed by atoms with Crippen molar-refractivity contribution in [3.8, 4) is 22.8 Å². The van der Waals surface area contributed by atoms with Gasteiger partial charge in [0.15, 0.2) is 0 Å². The Labute approximate surface area is 167 Å². The van der Waals surface area contributed by atoms with Crippen molar-refractivity contribution in [3.05, 3.63) is 93.9 Å². The maximum absolute atomic E-state index is 12.6. The number of aromatic nitrogens is 3. The first-order chi connectivity index (χ1) is 14.3. The minimum atomic E-state index is -0.191. The number of hydrogen-bond acceptors (Lipinski definition) is 5. The summed E-state index contributed by atoms with van der Waals surface area (Å²) in [5, 5.41) is 4.04. The summed E-state index contributed by atoms with van der Waals surface area (Å²) in [5.74, 6) is 0.719. The van der Waals surface area contributed by atoms with Gasteiger partial charge < -0.3 is 9.51 Å². The van der Waals surface area contributed by atoms with E-state index in [9.17, 15) is 4.79 Å². The lowest BCUT2D eigenvalue weighted by Gasteiger charge is -2.28. The fourth-order valence-electron chi connectivity index (χ4n) is 3.74. The van der Waals surface area contributed by atoms with Crippen LogP contribution < -0.4 is 5.56 Å². The molecule has 0 amide bonds. The molecule has 0 saturated carbocycles. The van der Waals surface area contributed by atoms with Gasteiger partial charge in [-0.25, -0.2) is 0 Å². The Hall–Kier alpha value is -3.51. The van der Waals surface area contributed by atoms with Gasteiger partial charge in [-0.2, -0.15) is 4.98 Å². The van der Waals surface area contributed by atoms with Crippen LogP contribution in [0.1, 0.15) is 16.8 Å². The molecule has 29 heavy (non-hydrogen) atoms. The molecule has 3 heterocycles. The van der Waals surface area contributed by atoms with Crippen LogP contribution in [0.2, 0.25) is 0 Å². The highest BCUT2D eigenvalue weighted by Crippen LogP contribution is 2.24. The molecular weight excluding hydrogens is 364 g/mol. The SMILES string of the molecule is O=c1[nH]c2c(cc1-c1nc(-c3ccccc3)no1)CN(Cc1ccccc1)CC2. The number of hydrogen-bond donors (Lipinski definition) is 1. The van der Waals surface area contributed by atoms with Crippen molar-refractivity contribution in [2.24, 2.45) is 0 Å². The van der Waals surface area contributed by atoms with Gasteiger partial charge in [0, 0.05) is 37.3 Å². The topological polar surface area (TPSA) is 75.0 Å². The molecule has 0 bridgehead atoms. The minimum Gasteiger partial charge on any atom is -0.333 e. The number of nitrogens with one attached hydrogen (secondary N) is 1. The minimum absolute atomic E-state index is 0.191. The van der Waals surface area contributed by atoms with Gasteiger partial charge in [0.05, 0.1) is 0 Å². The van der Waals surface area contributed by atoms with Crippen LogP contribution >= 0.6 is 0 Å². The largest absolute Gasteiger partial charge is 0.333 e. The quantitative estimate of drug-likeness (QED) is 0.581. The molecule has 2 aromatic carbocycles. The maximum atomic E-state index is 12.6. The fourth-order valence-corrected chi connectivity index (χ4v) is 3.74. The molecular formula is C23H20N4O2. The van der Waals surface area contributed by atoms with Gasteiger partial charge >= 0.3 is 0 Å². The molecule has 5 rings (SSSR count). The van der Waals surface area contributed by atoms with E-state index >= 15 is 0 Å². The van der Waals surface area contributed by atoms with Crippen molar-refractivity contribution in [2.45, 2.75) is 19.5 Å². The summed E-state index contributed by atoms with van der Waals surface area (Å²) in [6.07, 6.45) is 0.816. The van der Waals surface area contributed by atoms with Crippen molar-refractivity contribution in [2.75, 3.05) is 6.54 Å². The van der Waals surface area contributed by atoms with Gasteiger partial charge in [0.1, 0.15) is 5.56 Å². The maximum Gasteiger partial charge on any atom is 0.263 e. The number of nitrogens with zero attached hydrogens (tertiary/aromatic N) is 3. The van der Waals surface area contributed by atoms with Crippen LogP contribution in [-0.2, 0) is 19.5 Å². The molecule has 0 atom stereocenters. The first kappa shape index (κ1) is 17.6. The van der Waals surface area contributed by atoms with Crippen LogP contribution in [0.3, 0.4) is 0 Å². The summed E-state index contributed by atoms with van der Waals surface area (Å²) >= 11 is 0. The van der Waals surface area contributed by atoms with E-state index < -0.39 is 0 Å². The lowest BCUT2D eigenvalue weighted by molar-refractivity contribution is 0.243. The molecule has 1 aliphatic heterocycles. The summed E-state index contributed by atoms with van der Waals surface area (Å²) in [6, 6.07) is 21.9. The molecule has 0 unspecified atom stereocenters. The van der Waals surface area contributed by atoms with Crippen LogP contribution in [-0.4, -0.2) is 26.6 Å². The molecule has 4 aromatic rings. The first-order valence-electron chi connectivity index (χ1n) is 9.67. The lowest BCUT2D eigenvalue weighted by Crippen LogP contribution is -2.32. The van der Waals surface area contributed by atoms with E-state index in [-0.39, 0.29) is 11.4 Å². The molecule has 0 aliphatic carbocycles. The third-order valence-electron chi connectivity index (χ3n) is 5.22. The summed E-state index contributed by atoms with van der Waals surface area (Å²) in [7, 11) is 0. The highest BCUT2D eigenvalue weighted by Gasteiger charge is 2.21. The average Bonchev–Trinajstić information content (AvgIpc) is 3.25. The standard InChI is InChI=1S/C23H20N4O2/c28-22-19(23-25-21(26-29-23)17-9-5-2-6-10-17)13-18-15-27(12-11-20(18)24-22)14-16-7-3-1-4-8-16/h1-10,13H,11-12,14-15H2,(H,24,28). The van der Waals surface area contributed by atoms with Gasteiger partial charge in [-0.1, -0.05) is 65.8 Å². The van der Waals surface area contributed by atoms with E-state index in [1.54, 1.807) is 0 Å². The number of aromatic amines is 1. The molecule has 1 N–H and O–H groups in total. The zero-order valence-electron chi connectivity index (χ0n) is 15.8. The molecule has 0 spiro atoms. The number of H-pyrrole nitrogens is 1. The summed E-state index contributed by atoms with van der Waals surface area (Å²) in [6.45, 7) is 2.57. The predicted molar refractivity (Wildman–Crippen MR) is 110 cm³/mol. The van der Waals surface area contributed by atoms with Gasteiger partial charge in [-0.3, -0.25) is 9.69 Å². The molecule has 6 heteroatoms. The Morgan fingerprint density at radius 2 is 1.79 bits per heavy atom. The summed E-state index contributed by atoms with van der Waals surface area (Å²) in [5.41, 5.74) is 4.45. The van der Waals surface area contributed by atoms with Crippen LogP contribution in [0.5, 0.6) is 0 Å². The Morgan fingerprint density at radius 1 is 1.03 bits per heavy atom. The van der Waals surface area contributed by atoms with E-state index in [0.717, 1.165) is 42.9 Å². The van der Waals surface area contributed by atoms with E-state index in [2.05, 4.69) is 44.3 Å². The third-order valence-corrected chi connectivity index (χ3v) is 5.22.